The number of nitrogens with zero attached hydrogens (tertiary/aromatic N) is 4. The van der Waals surface area contributed by atoms with Gasteiger partial charge in [-0.25, -0.2) is 15.0 Å². The Bertz CT molecular complexity index is 701. The van der Waals surface area contributed by atoms with Crippen molar-refractivity contribution < 1.29 is 4.79 Å². The van der Waals surface area contributed by atoms with Gasteiger partial charge >= 0.3 is 0 Å². The number of carbonyl (C=O) groups excluding carboxylic acids is 1. The number of aromatic nitrogens is 4. The van der Waals surface area contributed by atoms with Crippen LogP contribution in [0.2, 0.25) is 0 Å². The fourth-order valence-electron chi connectivity index (χ4n) is 3.05. The molecule has 0 bridgehead atoms. The summed E-state index contributed by atoms with van der Waals surface area (Å²) in [6.07, 6.45) is 4.23. The highest BCUT2D eigenvalue weighted by Crippen LogP contribution is 2.27. The van der Waals surface area contributed by atoms with E-state index in [0.717, 1.165) is 54.7 Å². The number of aromatic amines is 1. The molecule has 0 radical (unpaired) electrons. The van der Waals surface area contributed by atoms with Gasteiger partial charge in [0.1, 0.15) is 11.5 Å². The lowest BCUT2D eigenvalue weighted by molar-refractivity contribution is -0.131. The molecule has 23 heavy (non-hydrogen) atoms. The Morgan fingerprint density at radius 3 is 2.65 bits per heavy atom. The number of nitrogens with one attached hydrogen (secondary N) is 1. The average Bonchev–Trinajstić information content (AvgIpc) is 3.00. The molecule has 0 spiro atoms. The first-order chi connectivity index (χ1) is 11.1. The summed E-state index contributed by atoms with van der Waals surface area (Å²) in [6.45, 7) is 7.47. The van der Waals surface area contributed by atoms with Gasteiger partial charge in [-0.15, -0.1) is 0 Å². The van der Waals surface area contributed by atoms with Gasteiger partial charge in [0.15, 0.2) is 5.82 Å². The van der Waals surface area contributed by atoms with Crippen LogP contribution in [0.1, 0.15) is 49.3 Å². The second-order valence-electron chi connectivity index (χ2n) is 6.18. The minimum Gasteiger partial charge on any atom is -0.343 e. The van der Waals surface area contributed by atoms with Gasteiger partial charge < -0.3 is 9.88 Å². The lowest BCUT2D eigenvalue weighted by atomic mass is 9.95. The molecule has 1 amide bonds. The van der Waals surface area contributed by atoms with E-state index in [-0.39, 0.29) is 5.91 Å². The molecule has 2 aromatic heterocycles. The van der Waals surface area contributed by atoms with E-state index in [0.29, 0.717) is 12.3 Å². The zero-order chi connectivity index (χ0) is 16.4. The Morgan fingerprint density at radius 2 is 2.04 bits per heavy atom. The average molecular weight is 313 g/mol. The Kier molecular flexibility index (Phi) is 4.41. The molecule has 2 aromatic rings. The van der Waals surface area contributed by atoms with Gasteiger partial charge in [0, 0.05) is 43.0 Å². The number of imidazole rings is 1. The van der Waals surface area contributed by atoms with Crippen molar-refractivity contribution in [3.05, 3.63) is 29.5 Å². The Balaban J connectivity index is 1.79. The topological polar surface area (TPSA) is 74.8 Å². The van der Waals surface area contributed by atoms with Crippen molar-refractivity contribution in [2.45, 2.75) is 46.0 Å². The minimum absolute atomic E-state index is 0.236. The summed E-state index contributed by atoms with van der Waals surface area (Å²) in [5.41, 5.74) is 2.81. The van der Waals surface area contributed by atoms with Crippen LogP contribution in [0.3, 0.4) is 0 Å². The van der Waals surface area contributed by atoms with Crippen LogP contribution in [-0.2, 0) is 4.79 Å². The summed E-state index contributed by atoms with van der Waals surface area (Å²) in [7, 11) is 0. The highest BCUT2D eigenvalue weighted by Gasteiger charge is 2.25. The summed E-state index contributed by atoms with van der Waals surface area (Å²) in [4.78, 5) is 30.7. The lowest BCUT2D eigenvalue weighted by Crippen LogP contribution is -2.37. The van der Waals surface area contributed by atoms with Crippen LogP contribution in [-0.4, -0.2) is 43.8 Å². The van der Waals surface area contributed by atoms with E-state index in [1.807, 2.05) is 31.7 Å². The summed E-state index contributed by atoms with van der Waals surface area (Å²) in [5.74, 6) is 2.21. The third-order valence-electron chi connectivity index (χ3n) is 4.33. The number of likely N-dealkylation sites (tertiary alicyclic amines) is 1. The Labute approximate surface area is 136 Å². The number of H-pyrrole nitrogens is 1. The summed E-state index contributed by atoms with van der Waals surface area (Å²) in [6, 6.07) is 1.96. The maximum Gasteiger partial charge on any atom is 0.222 e. The van der Waals surface area contributed by atoms with Crippen molar-refractivity contribution in [3.63, 3.8) is 0 Å². The molecule has 0 atom stereocenters. The van der Waals surface area contributed by atoms with Crippen molar-refractivity contribution in [2.75, 3.05) is 13.1 Å². The van der Waals surface area contributed by atoms with Crippen LogP contribution in [0.4, 0.5) is 0 Å². The number of carbonyl (C=O) groups is 1. The summed E-state index contributed by atoms with van der Waals surface area (Å²) in [5, 5.41) is 0. The second kappa shape index (κ2) is 6.48. The number of amides is 1. The van der Waals surface area contributed by atoms with Gasteiger partial charge in [-0.1, -0.05) is 6.92 Å². The van der Waals surface area contributed by atoms with Crippen LogP contribution in [0, 0.1) is 13.8 Å². The quantitative estimate of drug-likeness (QED) is 0.945. The SMILES string of the molecule is CCC(=O)N1CCC(c2nc(C)cc(-c3ncc(C)[nH]3)n2)CC1. The van der Waals surface area contributed by atoms with Gasteiger partial charge in [0.25, 0.3) is 0 Å². The van der Waals surface area contributed by atoms with Crippen LogP contribution >= 0.6 is 0 Å². The Hall–Kier alpha value is -2.24. The number of hydrogen-bond donors (Lipinski definition) is 1. The molecule has 0 aromatic carbocycles. The third-order valence-corrected chi connectivity index (χ3v) is 4.33. The van der Waals surface area contributed by atoms with Crippen LogP contribution in [0.15, 0.2) is 12.3 Å². The molecule has 0 aliphatic carbocycles. The smallest absolute Gasteiger partial charge is 0.222 e. The minimum atomic E-state index is 0.236. The lowest BCUT2D eigenvalue weighted by Gasteiger charge is -2.31. The van der Waals surface area contributed by atoms with Crippen molar-refractivity contribution in [1.29, 1.82) is 0 Å². The van der Waals surface area contributed by atoms with Gasteiger partial charge in [-0.2, -0.15) is 0 Å². The molecule has 1 aliphatic rings. The van der Waals surface area contributed by atoms with E-state index in [2.05, 4.69) is 15.0 Å². The molecule has 3 heterocycles. The monoisotopic (exact) mass is 313 g/mol. The van der Waals surface area contributed by atoms with Crippen molar-refractivity contribution in [2.24, 2.45) is 0 Å². The molecule has 3 rings (SSSR count). The first-order valence-electron chi connectivity index (χ1n) is 8.22. The molecule has 1 saturated heterocycles. The highest BCUT2D eigenvalue weighted by atomic mass is 16.2. The zero-order valence-electron chi connectivity index (χ0n) is 14.0. The maximum atomic E-state index is 11.8. The first-order valence-corrected chi connectivity index (χ1v) is 8.22. The summed E-state index contributed by atoms with van der Waals surface area (Å²) >= 11 is 0. The normalized spacial score (nSPS) is 15.9. The number of piperidine rings is 1. The third kappa shape index (κ3) is 3.41. The molecule has 1 aliphatic heterocycles. The summed E-state index contributed by atoms with van der Waals surface area (Å²) < 4.78 is 0. The van der Waals surface area contributed by atoms with E-state index in [1.165, 1.54) is 0 Å². The predicted molar refractivity (Wildman–Crippen MR) is 87.9 cm³/mol. The second-order valence-corrected chi connectivity index (χ2v) is 6.18. The first kappa shape index (κ1) is 15.6. The number of rotatable bonds is 3. The Morgan fingerprint density at radius 1 is 1.30 bits per heavy atom. The molecular formula is C17H23N5O. The molecule has 1 fully saturated rings. The molecule has 6 nitrogen and oxygen atoms in total. The molecule has 122 valence electrons. The standard InChI is InChI=1S/C17H23N5O/c1-4-15(23)22-7-5-13(6-8-22)16-19-11(2)9-14(21-16)17-18-10-12(3)20-17/h9-10,13H,4-8H2,1-3H3,(H,18,20). The molecule has 0 unspecified atom stereocenters. The van der Waals surface area contributed by atoms with E-state index >= 15 is 0 Å². The predicted octanol–water partition coefficient (Wildman–Crippen LogP) is 2.60. The molecule has 6 heteroatoms. The zero-order valence-corrected chi connectivity index (χ0v) is 14.0. The fourth-order valence-corrected chi connectivity index (χ4v) is 3.05. The van der Waals surface area contributed by atoms with E-state index < -0.39 is 0 Å². The van der Waals surface area contributed by atoms with E-state index in [9.17, 15) is 4.79 Å². The van der Waals surface area contributed by atoms with Crippen molar-refractivity contribution >= 4 is 5.91 Å². The van der Waals surface area contributed by atoms with Crippen LogP contribution < -0.4 is 0 Å². The van der Waals surface area contributed by atoms with E-state index in [4.69, 9.17) is 4.98 Å². The van der Waals surface area contributed by atoms with Gasteiger partial charge in [-0.05, 0) is 32.8 Å². The number of hydrogen-bond acceptors (Lipinski definition) is 4. The van der Waals surface area contributed by atoms with Crippen molar-refractivity contribution in [1.82, 2.24) is 24.8 Å². The fraction of sp³-hybridized carbons (Fsp3) is 0.529. The van der Waals surface area contributed by atoms with Gasteiger partial charge in [0.2, 0.25) is 5.91 Å². The van der Waals surface area contributed by atoms with Crippen LogP contribution in [0.25, 0.3) is 11.5 Å². The van der Waals surface area contributed by atoms with E-state index in [1.54, 1.807) is 6.20 Å². The van der Waals surface area contributed by atoms with Gasteiger partial charge in [-0.3, -0.25) is 4.79 Å². The highest BCUT2D eigenvalue weighted by molar-refractivity contribution is 5.75. The maximum absolute atomic E-state index is 11.8. The number of aryl methyl sites for hydroxylation is 2. The largest absolute Gasteiger partial charge is 0.343 e. The van der Waals surface area contributed by atoms with Gasteiger partial charge in [0.05, 0.1) is 0 Å². The van der Waals surface area contributed by atoms with Crippen molar-refractivity contribution in [3.8, 4) is 11.5 Å². The molecule has 1 N–H and O–H groups in total. The molecular weight excluding hydrogens is 290 g/mol. The molecule has 0 saturated carbocycles. The van der Waals surface area contributed by atoms with Crippen LogP contribution in [0.5, 0.6) is 0 Å².